The fourth-order valence-electron chi connectivity index (χ4n) is 1.04. The normalized spacial score (nSPS) is 12.0. The van der Waals surface area contributed by atoms with E-state index in [-0.39, 0.29) is 0 Å². The number of hydrogen-bond acceptors (Lipinski definition) is 2. The first-order valence-corrected chi connectivity index (χ1v) is 4.00. The molecule has 0 heterocycles. The van der Waals surface area contributed by atoms with Gasteiger partial charge in [0.05, 0.1) is 10.5 Å². The van der Waals surface area contributed by atoms with Gasteiger partial charge in [0.15, 0.2) is 0 Å². The third-order valence-corrected chi connectivity index (χ3v) is 1.71. The Morgan fingerprint density at radius 1 is 1.31 bits per heavy atom. The quantitative estimate of drug-likeness (QED) is 0.449. The molecule has 7 heteroatoms. The first-order valence-electron chi connectivity index (χ1n) is 4.00. The minimum Gasteiger partial charge on any atom is -0.259 e. The predicted molar refractivity (Wildman–Crippen MR) is 47.4 cm³/mol. The highest BCUT2D eigenvalue weighted by Gasteiger charge is 2.34. The van der Waals surface area contributed by atoms with Gasteiger partial charge in [0.1, 0.15) is 5.82 Å². The lowest BCUT2D eigenvalue weighted by atomic mass is 10.1. The maximum absolute atomic E-state index is 13.2. The summed E-state index contributed by atoms with van der Waals surface area (Å²) in [5, 5.41) is 9.94. The van der Waals surface area contributed by atoms with Gasteiger partial charge in [0.2, 0.25) is 6.20 Å². The van der Waals surface area contributed by atoms with E-state index >= 15 is 0 Å². The van der Waals surface area contributed by atoms with Gasteiger partial charge in [-0.05, 0) is 6.07 Å². The summed E-state index contributed by atoms with van der Waals surface area (Å²) in [5.74, 6) is -1.52. The molecule has 0 aliphatic carbocycles. The van der Waals surface area contributed by atoms with Crippen LogP contribution in [0.1, 0.15) is 11.1 Å². The van der Waals surface area contributed by atoms with Crippen LogP contribution in [0.2, 0.25) is 0 Å². The van der Waals surface area contributed by atoms with Gasteiger partial charge in [0, 0.05) is 11.6 Å². The smallest absolute Gasteiger partial charge is 0.259 e. The van der Waals surface area contributed by atoms with Crippen LogP contribution in [-0.2, 0) is 6.18 Å². The lowest BCUT2D eigenvalue weighted by molar-refractivity contribution is -0.400. The molecule has 0 aliphatic heterocycles. The van der Waals surface area contributed by atoms with Gasteiger partial charge in [-0.2, -0.15) is 13.2 Å². The molecule has 0 aromatic heterocycles. The maximum atomic E-state index is 13.2. The van der Waals surface area contributed by atoms with Crippen LogP contribution in [0.4, 0.5) is 17.6 Å². The second kappa shape index (κ2) is 4.30. The third-order valence-electron chi connectivity index (χ3n) is 1.71. The van der Waals surface area contributed by atoms with Crippen LogP contribution in [0, 0.1) is 15.9 Å². The first-order chi connectivity index (χ1) is 7.32. The molecule has 0 N–H and O–H groups in total. The molecule has 1 rings (SSSR count). The van der Waals surface area contributed by atoms with E-state index in [1.807, 2.05) is 0 Å². The fourth-order valence-corrected chi connectivity index (χ4v) is 1.04. The average molecular weight is 235 g/mol. The molecule has 1 aromatic carbocycles. The first kappa shape index (κ1) is 12.2. The van der Waals surface area contributed by atoms with Gasteiger partial charge in [-0.15, -0.1) is 0 Å². The Balaban J connectivity index is 3.19. The van der Waals surface area contributed by atoms with Crippen LogP contribution in [0.3, 0.4) is 0 Å². The summed E-state index contributed by atoms with van der Waals surface area (Å²) in [6.45, 7) is 0. The minimum atomic E-state index is -4.82. The summed E-state index contributed by atoms with van der Waals surface area (Å²) in [7, 11) is 0. The maximum Gasteiger partial charge on any atom is 0.419 e. The second-order valence-electron chi connectivity index (χ2n) is 2.81. The Morgan fingerprint density at radius 2 is 1.94 bits per heavy atom. The number of rotatable bonds is 2. The molecule has 0 radical (unpaired) electrons. The van der Waals surface area contributed by atoms with Crippen LogP contribution < -0.4 is 0 Å². The van der Waals surface area contributed by atoms with E-state index in [0.717, 1.165) is 12.1 Å². The van der Waals surface area contributed by atoms with Crippen molar-refractivity contribution in [3.63, 3.8) is 0 Å². The van der Waals surface area contributed by atoms with Crippen molar-refractivity contribution in [1.82, 2.24) is 0 Å². The van der Waals surface area contributed by atoms with Gasteiger partial charge in [0.25, 0.3) is 0 Å². The van der Waals surface area contributed by atoms with E-state index in [0.29, 0.717) is 18.3 Å². The molecule has 0 bridgehead atoms. The number of nitro groups is 1. The van der Waals surface area contributed by atoms with Crippen molar-refractivity contribution in [2.24, 2.45) is 0 Å². The van der Waals surface area contributed by atoms with E-state index in [1.165, 1.54) is 0 Å². The van der Waals surface area contributed by atoms with Gasteiger partial charge < -0.3 is 0 Å². The molecule has 16 heavy (non-hydrogen) atoms. The van der Waals surface area contributed by atoms with Crippen molar-refractivity contribution in [2.45, 2.75) is 6.18 Å². The van der Waals surface area contributed by atoms with Crippen LogP contribution in [0.15, 0.2) is 24.4 Å². The third kappa shape index (κ3) is 2.78. The van der Waals surface area contributed by atoms with Gasteiger partial charge in [-0.1, -0.05) is 12.1 Å². The molecule has 0 spiro atoms. The lowest BCUT2D eigenvalue weighted by Crippen LogP contribution is -2.08. The van der Waals surface area contributed by atoms with Gasteiger partial charge in [-0.3, -0.25) is 10.1 Å². The highest BCUT2D eigenvalue weighted by molar-refractivity contribution is 5.50. The van der Waals surface area contributed by atoms with Gasteiger partial charge >= 0.3 is 6.18 Å². The number of halogens is 4. The summed E-state index contributed by atoms with van der Waals surface area (Å²) in [5.41, 5.74) is -1.93. The van der Waals surface area contributed by atoms with Crippen molar-refractivity contribution in [3.8, 4) is 0 Å². The average Bonchev–Trinajstić information content (AvgIpc) is 2.14. The Kier molecular flexibility index (Phi) is 3.26. The van der Waals surface area contributed by atoms with Crippen molar-refractivity contribution in [2.75, 3.05) is 0 Å². The van der Waals surface area contributed by atoms with Crippen LogP contribution in [0.25, 0.3) is 6.08 Å². The standard InChI is InChI=1S/C9H5F4NO2/c10-8-6(4-5-14(15)16)2-1-3-7(8)9(11,12)13/h1-5H/b5-4+. The Bertz CT molecular complexity index is 440. The largest absolute Gasteiger partial charge is 0.419 e. The molecule has 0 fully saturated rings. The molecule has 86 valence electrons. The SMILES string of the molecule is O=[N+]([O-])/C=C/c1cccc(C(F)(F)F)c1F. The summed E-state index contributed by atoms with van der Waals surface area (Å²) in [4.78, 5) is 9.05. The Labute approximate surface area is 87.2 Å². The zero-order chi connectivity index (χ0) is 12.3. The van der Waals surface area contributed by atoms with Crippen LogP contribution in [-0.4, -0.2) is 4.92 Å². The number of alkyl halides is 3. The molecule has 0 saturated carbocycles. The number of nitrogens with zero attached hydrogens (tertiary/aromatic N) is 1. The second-order valence-corrected chi connectivity index (χ2v) is 2.81. The van der Waals surface area contributed by atoms with Crippen molar-refractivity contribution >= 4 is 6.08 Å². The Hall–Kier alpha value is -1.92. The molecule has 3 nitrogen and oxygen atoms in total. The van der Waals surface area contributed by atoms with E-state index in [9.17, 15) is 27.7 Å². The van der Waals surface area contributed by atoms with Crippen molar-refractivity contribution < 1.29 is 22.5 Å². The topological polar surface area (TPSA) is 43.1 Å². The number of benzene rings is 1. The van der Waals surface area contributed by atoms with Crippen molar-refractivity contribution in [3.05, 3.63) is 51.5 Å². The molecule has 0 aliphatic rings. The zero-order valence-corrected chi connectivity index (χ0v) is 7.66. The molecule has 1 aromatic rings. The van der Waals surface area contributed by atoms with Crippen LogP contribution >= 0.6 is 0 Å². The zero-order valence-electron chi connectivity index (χ0n) is 7.66. The highest BCUT2D eigenvalue weighted by atomic mass is 19.4. The molecule has 0 atom stereocenters. The molecule has 0 unspecified atom stereocenters. The van der Waals surface area contributed by atoms with E-state index in [1.54, 1.807) is 0 Å². The van der Waals surface area contributed by atoms with E-state index < -0.39 is 28.0 Å². The summed E-state index contributed by atoms with van der Waals surface area (Å²) in [6, 6.07) is 2.56. The van der Waals surface area contributed by atoms with Crippen LogP contribution in [0.5, 0.6) is 0 Å². The summed E-state index contributed by atoms with van der Waals surface area (Å²) in [6.07, 6.45) is -3.77. The molecular weight excluding hydrogens is 230 g/mol. The molecule has 0 amide bonds. The monoisotopic (exact) mass is 235 g/mol. The minimum absolute atomic E-state index is 0.374. The number of hydrogen-bond donors (Lipinski definition) is 0. The fraction of sp³-hybridized carbons (Fsp3) is 0.111. The summed E-state index contributed by atoms with van der Waals surface area (Å²) >= 11 is 0. The molecular formula is C9H5F4NO2. The summed E-state index contributed by atoms with van der Waals surface area (Å²) < 4.78 is 49.9. The lowest BCUT2D eigenvalue weighted by Gasteiger charge is -2.08. The van der Waals surface area contributed by atoms with E-state index in [2.05, 4.69) is 0 Å². The Morgan fingerprint density at radius 3 is 2.44 bits per heavy atom. The van der Waals surface area contributed by atoms with Gasteiger partial charge in [-0.25, -0.2) is 4.39 Å². The highest BCUT2D eigenvalue weighted by Crippen LogP contribution is 2.32. The van der Waals surface area contributed by atoms with Crippen molar-refractivity contribution in [1.29, 1.82) is 0 Å². The molecule has 0 saturated heterocycles. The predicted octanol–water partition coefficient (Wildman–Crippen LogP) is 3.09. The van der Waals surface area contributed by atoms with E-state index in [4.69, 9.17) is 0 Å².